The van der Waals surface area contributed by atoms with E-state index in [1.807, 2.05) is 17.5 Å². The molecular formula is C14H21N3O2S. The Morgan fingerprint density at radius 1 is 1.35 bits per heavy atom. The Hall–Kier alpha value is -1.56. The summed E-state index contributed by atoms with van der Waals surface area (Å²) in [5, 5.41) is 7.62. The molecule has 110 valence electrons. The largest absolute Gasteiger partial charge is 0.353 e. The minimum absolute atomic E-state index is 0.0240. The van der Waals surface area contributed by atoms with Crippen LogP contribution < -0.4 is 16.4 Å². The second-order valence-electron chi connectivity index (χ2n) is 5.18. The maximum atomic E-state index is 12.1. The number of hydrogen-bond donors (Lipinski definition) is 3. The maximum absolute atomic E-state index is 12.1. The third-order valence-electron chi connectivity index (χ3n) is 3.56. The number of thiophene rings is 1. The van der Waals surface area contributed by atoms with E-state index in [0.717, 1.165) is 17.7 Å². The predicted octanol–water partition coefficient (Wildman–Crippen LogP) is 2.30. The van der Waals surface area contributed by atoms with E-state index >= 15 is 0 Å². The fraction of sp³-hybridized carbons (Fsp3) is 0.571. The van der Waals surface area contributed by atoms with Crippen LogP contribution in [-0.4, -0.2) is 18.0 Å². The third kappa shape index (κ3) is 4.52. The van der Waals surface area contributed by atoms with Crippen LogP contribution in [0, 0.1) is 0 Å². The number of hydrogen-bond acceptors (Lipinski definition) is 3. The van der Waals surface area contributed by atoms with Crippen molar-refractivity contribution in [2.75, 3.05) is 0 Å². The Morgan fingerprint density at radius 2 is 2.10 bits per heavy atom. The van der Waals surface area contributed by atoms with Crippen molar-refractivity contribution in [2.24, 2.45) is 5.73 Å². The first-order valence-corrected chi connectivity index (χ1v) is 7.92. The van der Waals surface area contributed by atoms with E-state index in [4.69, 9.17) is 5.73 Å². The molecule has 20 heavy (non-hydrogen) atoms. The van der Waals surface area contributed by atoms with Crippen LogP contribution in [0.25, 0.3) is 0 Å². The second kappa shape index (κ2) is 7.28. The Kier molecular flexibility index (Phi) is 5.40. The zero-order chi connectivity index (χ0) is 14.4. The van der Waals surface area contributed by atoms with Crippen molar-refractivity contribution in [1.29, 1.82) is 0 Å². The summed E-state index contributed by atoms with van der Waals surface area (Å²) in [4.78, 5) is 24.1. The van der Waals surface area contributed by atoms with Gasteiger partial charge in [-0.1, -0.05) is 25.3 Å². The number of rotatable bonds is 5. The van der Waals surface area contributed by atoms with Crippen molar-refractivity contribution >= 4 is 23.3 Å². The molecular weight excluding hydrogens is 274 g/mol. The quantitative estimate of drug-likeness (QED) is 0.778. The Balaban J connectivity index is 1.89. The minimum Gasteiger partial charge on any atom is -0.353 e. The van der Waals surface area contributed by atoms with Crippen LogP contribution in [-0.2, 0) is 4.79 Å². The van der Waals surface area contributed by atoms with Gasteiger partial charge < -0.3 is 16.4 Å². The number of nitrogens with two attached hydrogens (primary N) is 1. The van der Waals surface area contributed by atoms with Gasteiger partial charge in [0.2, 0.25) is 5.91 Å². The monoisotopic (exact) mass is 295 g/mol. The van der Waals surface area contributed by atoms with Gasteiger partial charge in [0.15, 0.2) is 0 Å². The second-order valence-corrected chi connectivity index (χ2v) is 6.16. The van der Waals surface area contributed by atoms with Crippen molar-refractivity contribution in [3.63, 3.8) is 0 Å². The number of carbonyl (C=O) groups excluding carboxylic acids is 2. The van der Waals surface area contributed by atoms with Crippen molar-refractivity contribution < 1.29 is 9.59 Å². The van der Waals surface area contributed by atoms with Crippen LogP contribution in [0.3, 0.4) is 0 Å². The molecule has 0 aromatic carbocycles. The van der Waals surface area contributed by atoms with Crippen LogP contribution in [0.2, 0.25) is 0 Å². The van der Waals surface area contributed by atoms with Gasteiger partial charge in [0, 0.05) is 10.9 Å². The molecule has 6 heteroatoms. The highest BCUT2D eigenvalue weighted by atomic mass is 32.1. The number of nitrogens with one attached hydrogen (secondary N) is 2. The van der Waals surface area contributed by atoms with Gasteiger partial charge in [-0.2, -0.15) is 0 Å². The number of primary amides is 1. The SMILES string of the molecule is NC(=O)N[C@@H](CC(=O)NC1CCCCC1)c1cccs1. The summed E-state index contributed by atoms with van der Waals surface area (Å²) in [6.45, 7) is 0. The molecule has 1 heterocycles. The van der Waals surface area contributed by atoms with Crippen molar-refractivity contribution in [1.82, 2.24) is 10.6 Å². The van der Waals surface area contributed by atoms with Crippen LogP contribution in [0.4, 0.5) is 4.79 Å². The van der Waals surface area contributed by atoms with Crippen LogP contribution in [0.15, 0.2) is 17.5 Å². The van der Waals surface area contributed by atoms with E-state index in [0.29, 0.717) is 0 Å². The van der Waals surface area contributed by atoms with Gasteiger partial charge in [-0.25, -0.2) is 4.79 Å². The Morgan fingerprint density at radius 3 is 2.70 bits per heavy atom. The lowest BCUT2D eigenvalue weighted by Crippen LogP contribution is -2.40. The molecule has 0 spiro atoms. The molecule has 1 atom stereocenters. The normalized spacial score (nSPS) is 17.4. The van der Waals surface area contributed by atoms with Gasteiger partial charge in [-0.3, -0.25) is 4.79 Å². The van der Waals surface area contributed by atoms with E-state index in [2.05, 4.69) is 10.6 Å². The molecule has 1 aromatic heterocycles. The summed E-state index contributed by atoms with van der Waals surface area (Å²) in [5.41, 5.74) is 5.18. The van der Waals surface area contributed by atoms with Gasteiger partial charge in [-0.15, -0.1) is 11.3 Å². The standard InChI is InChI=1S/C14H21N3O2S/c15-14(19)17-11(12-7-4-8-20-12)9-13(18)16-10-5-2-1-3-6-10/h4,7-8,10-11H,1-3,5-6,9H2,(H,16,18)(H3,15,17,19)/t11-/m0/s1. The van der Waals surface area contributed by atoms with Crippen molar-refractivity contribution in [3.8, 4) is 0 Å². The average molecular weight is 295 g/mol. The molecule has 0 saturated heterocycles. The fourth-order valence-corrected chi connectivity index (χ4v) is 3.38. The molecule has 1 aliphatic carbocycles. The van der Waals surface area contributed by atoms with E-state index < -0.39 is 6.03 Å². The summed E-state index contributed by atoms with van der Waals surface area (Å²) in [5.74, 6) is -0.0240. The first-order valence-electron chi connectivity index (χ1n) is 7.04. The molecule has 4 N–H and O–H groups in total. The molecule has 1 aliphatic rings. The predicted molar refractivity (Wildman–Crippen MR) is 79.4 cm³/mol. The first kappa shape index (κ1) is 14.8. The average Bonchev–Trinajstić information content (AvgIpc) is 2.92. The lowest BCUT2D eigenvalue weighted by atomic mass is 9.95. The van der Waals surface area contributed by atoms with Crippen LogP contribution in [0.1, 0.15) is 49.4 Å². The van der Waals surface area contributed by atoms with Crippen molar-refractivity contribution in [3.05, 3.63) is 22.4 Å². The van der Waals surface area contributed by atoms with E-state index in [1.165, 1.54) is 30.6 Å². The highest BCUT2D eigenvalue weighted by molar-refractivity contribution is 7.10. The lowest BCUT2D eigenvalue weighted by molar-refractivity contribution is -0.122. The summed E-state index contributed by atoms with van der Waals surface area (Å²) in [6, 6.07) is 3.15. The van der Waals surface area contributed by atoms with Crippen molar-refractivity contribution in [2.45, 2.75) is 50.6 Å². The smallest absolute Gasteiger partial charge is 0.312 e. The molecule has 0 bridgehead atoms. The summed E-state index contributed by atoms with van der Waals surface area (Å²) in [6.07, 6.45) is 5.96. The molecule has 5 nitrogen and oxygen atoms in total. The molecule has 1 fully saturated rings. The molecule has 0 unspecified atom stereocenters. The van der Waals surface area contributed by atoms with Crippen LogP contribution >= 0.6 is 11.3 Å². The Bertz CT molecular complexity index is 441. The molecule has 1 saturated carbocycles. The van der Waals surface area contributed by atoms with E-state index in [1.54, 1.807) is 0 Å². The van der Waals surface area contributed by atoms with E-state index in [9.17, 15) is 9.59 Å². The third-order valence-corrected chi connectivity index (χ3v) is 4.55. The highest BCUT2D eigenvalue weighted by Gasteiger charge is 2.21. The van der Waals surface area contributed by atoms with Gasteiger partial charge in [0.1, 0.15) is 0 Å². The molecule has 3 amide bonds. The number of urea groups is 1. The fourth-order valence-electron chi connectivity index (χ4n) is 2.60. The van der Waals surface area contributed by atoms with Crippen LogP contribution in [0.5, 0.6) is 0 Å². The molecule has 0 radical (unpaired) electrons. The minimum atomic E-state index is -0.603. The summed E-state index contributed by atoms with van der Waals surface area (Å²) in [7, 11) is 0. The molecule has 1 aromatic rings. The summed E-state index contributed by atoms with van der Waals surface area (Å²) < 4.78 is 0. The van der Waals surface area contributed by atoms with E-state index in [-0.39, 0.29) is 24.4 Å². The Labute approximate surface area is 122 Å². The molecule has 2 rings (SSSR count). The zero-order valence-corrected chi connectivity index (χ0v) is 12.2. The van der Waals surface area contributed by atoms with Gasteiger partial charge in [-0.05, 0) is 24.3 Å². The topological polar surface area (TPSA) is 84.2 Å². The molecule has 0 aliphatic heterocycles. The maximum Gasteiger partial charge on any atom is 0.312 e. The number of amides is 3. The number of carbonyl (C=O) groups is 2. The zero-order valence-electron chi connectivity index (χ0n) is 11.4. The van der Waals surface area contributed by atoms with Gasteiger partial charge in [0.25, 0.3) is 0 Å². The first-order chi connectivity index (χ1) is 9.65. The highest BCUT2D eigenvalue weighted by Crippen LogP contribution is 2.23. The summed E-state index contributed by atoms with van der Waals surface area (Å²) >= 11 is 1.51. The van der Waals surface area contributed by atoms with Gasteiger partial charge in [0.05, 0.1) is 12.5 Å². The van der Waals surface area contributed by atoms with Gasteiger partial charge >= 0.3 is 6.03 Å². The lowest BCUT2D eigenvalue weighted by Gasteiger charge is -2.24.